The summed E-state index contributed by atoms with van der Waals surface area (Å²) in [7, 11) is 0. The van der Waals surface area contributed by atoms with Crippen molar-refractivity contribution in [2.24, 2.45) is 11.8 Å². The van der Waals surface area contributed by atoms with Crippen molar-refractivity contribution in [2.45, 2.75) is 78.6 Å². The van der Waals surface area contributed by atoms with E-state index < -0.39 is 5.97 Å². The number of carboxylic acid groups (broad SMARTS) is 1. The summed E-state index contributed by atoms with van der Waals surface area (Å²) >= 11 is 0. The first-order chi connectivity index (χ1) is 8.07. The normalized spacial score (nSPS) is 14.5. The lowest BCUT2D eigenvalue weighted by atomic mass is 9.95. The molecule has 0 aromatic carbocycles. The molecule has 2 unspecified atom stereocenters. The lowest BCUT2D eigenvalue weighted by Gasteiger charge is -2.11. The Morgan fingerprint density at radius 2 is 1.47 bits per heavy atom. The van der Waals surface area contributed by atoms with Crippen LogP contribution in [0.2, 0.25) is 0 Å². The molecule has 0 radical (unpaired) electrons. The molecule has 2 heteroatoms. The van der Waals surface area contributed by atoms with Crippen LogP contribution in [0, 0.1) is 11.8 Å². The molecule has 2 nitrogen and oxygen atoms in total. The van der Waals surface area contributed by atoms with Crippen molar-refractivity contribution < 1.29 is 9.90 Å². The summed E-state index contributed by atoms with van der Waals surface area (Å²) in [5.41, 5.74) is 0. The minimum atomic E-state index is -0.655. The minimum Gasteiger partial charge on any atom is -0.481 e. The van der Waals surface area contributed by atoms with Crippen LogP contribution in [0.25, 0.3) is 0 Å². The van der Waals surface area contributed by atoms with Crippen LogP contribution < -0.4 is 0 Å². The fourth-order valence-corrected chi connectivity index (χ4v) is 2.13. The molecule has 0 spiro atoms. The molecule has 0 aromatic rings. The predicted octanol–water partition coefficient (Wildman–Crippen LogP) is 4.87. The van der Waals surface area contributed by atoms with E-state index in [1.807, 2.05) is 0 Å². The second kappa shape index (κ2) is 10.6. The zero-order valence-corrected chi connectivity index (χ0v) is 11.9. The number of rotatable bonds is 11. The van der Waals surface area contributed by atoms with E-state index >= 15 is 0 Å². The summed E-state index contributed by atoms with van der Waals surface area (Å²) in [5, 5.41) is 8.75. The van der Waals surface area contributed by atoms with Gasteiger partial charge in [-0.2, -0.15) is 0 Å². The molecule has 0 saturated carbocycles. The van der Waals surface area contributed by atoms with Gasteiger partial charge in [0.25, 0.3) is 0 Å². The van der Waals surface area contributed by atoms with Crippen molar-refractivity contribution in [3.63, 3.8) is 0 Å². The van der Waals surface area contributed by atoms with Gasteiger partial charge in [0.05, 0.1) is 5.92 Å². The number of hydrogen-bond donors (Lipinski definition) is 1. The lowest BCUT2D eigenvalue weighted by Crippen LogP contribution is -2.08. The van der Waals surface area contributed by atoms with Crippen LogP contribution in [-0.2, 0) is 4.79 Å². The molecule has 0 rings (SSSR count). The minimum absolute atomic E-state index is 0.169. The first-order valence-electron chi connectivity index (χ1n) is 7.30. The molecule has 0 saturated heterocycles. The van der Waals surface area contributed by atoms with Crippen LogP contribution in [0.4, 0.5) is 0 Å². The molecular weight excluding hydrogens is 212 g/mol. The highest BCUT2D eigenvalue weighted by molar-refractivity contribution is 5.69. The van der Waals surface area contributed by atoms with Gasteiger partial charge in [0.1, 0.15) is 0 Å². The van der Waals surface area contributed by atoms with E-state index in [0.717, 1.165) is 18.8 Å². The SMILES string of the molecule is CCCCCC(C)CCCCCC(C)C(=O)O. The zero-order valence-electron chi connectivity index (χ0n) is 11.9. The van der Waals surface area contributed by atoms with Crippen LogP contribution in [-0.4, -0.2) is 11.1 Å². The van der Waals surface area contributed by atoms with Gasteiger partial charge in [-0.15, -0.1) is 0 Å². The van der Waals surface area contributed by atoms with E-state index in [-0.39, 0.29) is 5.92 Å². The molecule has 0 aliphatic carbocycles. The van der Waals surface area contributed by atoms with Gasteiger partial charge in [-0.25, -0.2) is 0 Å². The Balaban J connectivity index is 3.30. The maximum atomic E-state index is 10.6. The van der Waals surface area contributed by atoms with Crippen molar-refractivity contribution in [3.8, 4) is 0 Å². The van der Waals surface area contributed by atoms with E-state index in [2.05, 4.69) is 13.8 Å². The van der Waals surface area contributed by atoms with Gasteiger partial charge in [0.2, 0.25) is 0 Å². The van der Waals surface area contributed by atoms with Crippen LogP contribution in [0.15, 0.2) is 0 Å². The van der Waals surface area contributed by atoms with E-state index in [0.29, 0.717) is 0 Å². The number of aliphatic carboxylic acids is 1. The fourth-order valence-electron chi connectivity index (χ4n) is 2.13. The second-order valence-electron chi connectivity index (χ2n) is 5.48. The van der Waals surface area contributed by atoms with Gasteiger partial charge in [-0.05, 0) is 12.3 Å². The fraction of sp³-hybridized carbons (Fsp3) is 0.933. The van der Waals surface area contributed by atoms with E-state index in [1.165, 1.54) is 44.9 Å². The second-order valence-corrected chi connectivity index (χ2v) is 5.48. The van der Waals surface area contributed by atoms with Crippen molar-refractivity contribution >= 4 is 5.97 Å². The summed E-state index contributed by atoms with van der Waals surface area (Å²) in [4.78, 5) is 10.6. The molecule has 0 heterocycles. The standard InChI is InChI=1S/C15H30O2/c1-4-5-7-10-13(2)11-8-6-9-12-14(3)15(16)17/h13-14H,4-12H2,1-3H3,(H,16,17). The summed E-state index contributed by atoms with van der Waals surface area (Å²) in [6.45, 7) is 6.39. The highest BCUT2D eigenvalue weighted by atomic mass is 16.4. The highest BCUT2D eigenvalue weighted by Gasteiger charge is 2.09. The Morgan fingerprint density at radius 3 is 2.00 bits per heavy atom. The highest BCUT2D eigenvalue weighted by Crippen LogP contribution is 2.18. The van der Waals surface area contributed by atoms with Crippen molar-refractivity contribution in [2.75, 3.05) is 0 Å². The molecule has 0 amide bonds. The molecule has 102 valence electrons. The van der Waals surface area contributed by atoms with Crippen LogP contribution in [0.5, 0.6) is 0 Å². The zero-order chi connectivity index (χ0) is 13.1. The third-order valence-corrected chi connectivity index (χ3v) is 3.56. The molecule has 0 bridgehead atoms. The van der Waals surface area contributed by atoms with Gasteiger partial charge in [-0.3, -0.25) is 4.79 Å². The Labute approximate surface area is 107 Å². The average molecular weight is 242 g/mol. The Morgan fingerprint density at radius 1 is 0.941 bits per heavy atom. The lowest BCUT2D eigenvalue weighted by molar-refractivity contribution is -0.141. The van der Waals surface area contributed by atoms with E-state index in [9.17, 15) is 4.79 Å². The van der Waals surface area contributed by atoms with Gasteiger partial charge in [0.15, 0.2) is 0 Å². The largest absolute Gasteiger partial charge is 0.481 e. The van der Waals surface area contributed by atoms with Crippen molar-refractivity contribution in [3.05, 3.63) is 0 Å². The quantitative estimate of drug-likeness (QED) is 0.525. The van der Waals surface area contributed by atoms with Crippen LogP contribution in [0.3, 0.4) is 0 Å². The maximum absolute atomic E-state index is 10.6. The molecule has 2 atom stereocenters. The Bertz CT molecular complexity index is 189. The molecule has 0 aliphatic rings. The maximum Gasteiger partial charge on any atom is 0.306 e. The van der Waals surface area contributed by atoms with Crippen molar-refractivity contribution in [1.29, 1.82) is 0 Å². The number of hydrogen-bond acceptors (Lipinski definition) is 1. The van der Waals surface area contributed by atoms with Crippen LogP contribution >= 0.6 is 0 Å². The first kappa shape index (κ1) is 16.5. The van der Waals surface area contributed by atoms with E-state index in [4.69, 9.17) is 5.11 Å². The van der Waals surface area contributed by atoms with Gasteiger partial charge in [-0.1, -0.05) is 72.1 Å². The molecule has 17 heavy (non-hydrogen) atoms. The topological polar surface area (TPSA) is 37.3 Å². The molecule has 0 fully saturated rings. The molecular formula is C15H30O2. The first-order valence-corrected chi connectivity index (χ1v) is 7.30. The van der Waals surface area contributed by atoms with Crippen molar-refractivity contribution in [1.82, 2.24) is 0 Å². The molecule has 1 N–H and O–H groups in total. The summed E-state index contributed by atoms with van der Waals surface area (Å²) in [6, 6.07) is 0. The Kier molecular flexibility index (Phi) is 10.3. The molecule has 0 aromatic heterocycles. The summed E-state index contributed by atoms with van der Waals surface area (Å²) < 4.78 is 0. The summed E-state index contributed by atoms with van der Waals surface area (Å²) in [6.07, 6.45) is 11.1. The number of carbonyl (C=O) groups is 1. The summed E-state index contributed by atoms with van der Waals surface area (Å²) in [5.74, 6) is 0.0216. The third-order valence-electron chi connectivity index (χ3n) is 3.56. The van der Waals surface area contributed by atoms with Gasteiger partial charge in [0, 0.05) is 0 Å². The Hall–Kier alpha value is -0.530. The number of carboxylic acids is 1. The van der Waals surface area contributed by atoms with E-state index in [1.54, 1.807) is 6.92 Å². The monoisotopic (exact) mass is 242 g/mol. The predicted molar refractivity (Wildman–Crippen MR) is 73.2 cm³/mol. The smallest absolute Gasteiger partial charge is 0.306 e. The van der Waals surface area contributed by atoms with Gasteiger partial charge < -0.3 is 5.11 Å². The van der Waals surface area contributed by atoms with Crippen LogP contribution in [0.1, 0.15) is 78.6 Å². The average Bonchev–Trinajstić information content (AvgIpc) is 2.28. The molecule has 0 aliphatic heterocycles. The number of unbranched alkanes of at least 4 members (excludes halogenated alkanes) is 4. The third kappa shape index (κ3) is 10.3. The van der Waals surface area contributed by atoms with Gasteiger partial charge >= 0.3 is 5.97 Å².